The number of nitrogens with one attached hydrogen (secondary N) is 2. The van der Waals surface area contributed by atoms with Gasteiger partial charge in [-0.05, 0) is 43.7 Å². The first-order valence-electron chi connectivity index (χ1n) is 8.68. The van der Waals surface area contributed by atoms with E-state index in [1.165, 1.54) is 12.0 Å². The van der Waals surface area contributed by atoms with Crippen LogP contribution in [0.2, 0.25) is 0 Å². The van der Waals surface area contributed by atoms with Crippen LogP contribution < -0.4 is 15.4 Å². The number of fused-ring (bicyclic) bond motifs is 1. The summed E-state index contributed by atoms with van der Waals surface area (Å²) in [5.41, 5.74) is 1.19. The number of amides is 2. The lowest BCUT2D eigenvalue weighted by Gasteiger charge is -2.26. The van der Waals surface area contributed by atoms with Crippen LogP contribution in [0.3, 0.4) is 0 Å². The maximum Gasteiger partial charge on any atom is 0.314 e. The van der Waals surface area contributed by atoms with Gasteiger partial charge in [-0.2, -0.15) is 0 Å². The van der Waals surface area contributed by atoms with E-state index in [1.54, 1.807) is 0 Å². The summed E-state index contributed by atoms with van der Waals surface area (Å²) in [5, 5.41) is 5.92. The molecule has 5 heteroatoms. The fraction of sp³-hybridized carbons (Fsp3) is 0.611. The molecule has 0 aromatic heterocycles. The molecule has 0 saturated carbocycles. The van der Waals surface area contributed by atoms with Gasteiger partial charge < -0.3 is 20.1 Å². The highest BCUT2D eigenvalue weighted by atomic mass is 16.5. The molecule has 3 rings (SSSR count). The molecule has 0 spiro atoms. The van der Waals surface area contributed by atoms with Crippen molar-refractivity contribution in [3.05, 3.63) is 29.8 Å². The van der Waals surface area contributed by atoms with Crippen molar-refractivity contribution in [3.63, 3.8) is 0 Å². The standard InChI is InChI=1S/C18H26N2O3/c21-18(19-10-8-15-5-3-4-11-22-15)20-13-14-9-12-23-17-7-2-1-6-16(14)17/h1-2,6-7,14-15H,3-5,8-13H2,(H2,19,20,21)/t14-,15+/m0/s1. The first-order chi connectivity index (χ1) is 11.3. The molecule has 1 aromatic rings. The van der Waals surface area contributed by atoms with Gasteiger partial charge in [0.05, 0.1) is 12.7 Å². The third kappa shape index (κ3) is 4.61. The summed E-state index contributed by atoms with van der Waals surface area (Å²) in [6.07, 6.45) is 5.66. The second-order valence-electron chi connectivity index (χ2n) is 6.29. The average Bonchev–Trinajstić information content (AvgIpc) is 2.61. The van der Waals surface area contributed by atoms with E-state index in [2.05, 4.69) is 16.7 Å². The molecule has 2 amide bonds. The SMILES string of the molecule is O=C(NCC[C@H]1CCCCO1)NC[C@@H]1CCOc2ccccc21. The molecule has 5 nitrogen and oxygen atoms in total. The first kappa shape index (κ1) is 16.1. The molecule has 1 fully saturated rings. The summed E-state index contributed by atoms with van der Waals surface area (Å²) in [6, 6.07) is 7.98. The molecule has 2 aliphatic heterocycles. The molecular weight excluding hydrogens is 292 g/mol. The predicted octanol–water partition coefficient (Wildman–Crippen LogP) is 2.81. The highest BCUT2D eigenvalue weighted by molar-refractivity contribution is 5.73. The summed E-state index contributed by atoms with van der Waals surface area (Å²) in [7, 11) is 0. The van der Waals surface area contributed by atoms with Crippen molar-refractivity contribution in [1.82, 2.24) is 10.6 Å². The zero-order valence-electron chi connectivity index (χ0n) is 13.6. The molecule has 1 saturated heterocycles. The van der Waals surface area contributed by atoms with E-state index >= 15 is 0 Å². The molecule has 0 aliphatic carbocycles. The normalized spacial score (nSPS) is 23.5. The lowest BCUT2D eigenvalue weighted by molar-refractivity contribution is 0.0120. The van der Waals surface area contributed by atoms with Crippen LogP contribution in [0.5, 0.6) is 5.75 Å². The number of para-hydroxylation sites is 1. The van der Waals surface area contributed by atoms with Crippen molar-refractivity contribution in [1.29, 1.82) is 0 Å². The van der Waals surface area contributed by atoms with Gasteiger partial charge in [0.15, 0.2) is 0 Å². The number of carbonyl (C=O) groups is 1. The summed E-state index contributed by atoms with van der Waals surface area (Å²) >= 11 is 0. The Labute approximate surface area is 137 Å². The Bertz CT molecular complexity index is 515. The van der Waals surface area contributed by atoms with Crippen LogP contribution in [0.1, 0.15) is 43.6 Å². The van der Waals surface area contributed by atoms with Gasteiger partial charge in [0.1, 0.15) is 5.75 Å². The minimum absolute atomic E-state index is 0.0928. The quantitative estimate of drug-likeness (QED) is 0.877. The average molecular weight is 318 g/mol. The fourth-order valence-corrected chi connectivity index (χ4v) is 3.29. The Balaban J connectivity index is 1.38. The lowest BCUT2D eigenvalue weighted by Crippen LogP contribution is -2.40. The van der Waals surface area contributed by atoms with Crippen molar-refractivity contribution < 1.29 is 14.3 Å². The van der Waals surface area contributed by atoms with E-state index in [1.807, 2.05) is 18.2 Å². The van der Waals surface area contributed by atoms with Crippen LogP contribution in [-0.2, 0) is 4.74 Å². The summed E-state index contributed by atoms with van der Waals surface area (Å²) in [5.74, 6) is 1.27. The van der Waals surface area contributed by atoms with Crippen LogP contribution in [0.25, 0.3) is 0 Å². The number of carbonyl (C=O) groups excluding carboxylic acids is 1. The van der Waals surface area contributed by atoms with Crippen molar-refractivity contribution in [2.75, 3.05) is 26.3 Å². The maximum absolute atomic E-state index is 11.9. The van der Waals surface area contributed by atoms with Gasteiger partial charge in [0, 0.05) is 25.6 Å². The summed E-state index contributed by atoms with van der Waals surface area (Å²) in [6.45, 7) is 2.89. The molecular formula is C18H26N2O3. The number of hydrogen-bond donors (Lipinski definition) is 2. The van der Waals surface area contributed by atoms with Crippen LogP contribution in [-0.4, -0.2) is 38.4 Å². The van der Waals surface area contributed by atoms with Gasteiger partial charge in [-0.1, -0.05) is 18.2 Å². The molecule has 0 bridgehead atoms. The summed E-state index contributed by atoms with van der Waals surface area (Å²) < 4.78 is 11.3. The number of ether oxygens (including phenoxy) is 2. The van der Waals surface area contributed by atoms with Crippen LogP contribution in [0.4, 0.5) is 4.79 Å². The monoisotopic (exact) mass is 318 g/mol. The van der Waals surface area contributed by atoms with E-state index in [0.29, 0.717) is 31.7 Å². The number of urea groups is 1. The van der Waals surface area contributed by atoms with Crippen molar-refractivity contribution in [3.8, 4) is 5.75 Å². The Hall–Kier alpha value is -1.75. The highest BCUT2D eigenvalue weighted by Gasteiger charge is 2.21. The van der Waals surface area contributed by atoms with Crippen molar-refractivity contribution in [2.24, 2.45) is 0 Å². The topological polar surface area (TPSA) is 59.6 Å². The van der Waals surface area contributed by atoms with E-state index in [-0.39, 0.29) is 6.03 Å². The van der Waals surface area contributed by atoms with Crippen LogP contribution in [0.15, 0.2) is 24.3 Å². The molecule has 0 unspecified atom stereocenters. The number of rotatable bonds is 5. The smallest absolute Gasteiger partial charge is 0.314 e. The lowest BCUT2D eigenvalue weighted by atomic mass is 9.93. The zero-order chi connectivity index (χ0) is 15.9. The molecule has 2 N–H and O–H groups in total. The molecule has 2 aliphatic rings. The number of hydrogen-bond acceptors (Lipinski definition) is 3. The third-order valence-electron chi connectivity index (χ3n) is 4.62. The third-order valence-corrected chi connectivity index (χ3v) is 4.62. The van der Waals surface area contributed by atoms with Crippen molar-refractivity contribution in [2.45, 2.75) is 44.1 Å². The van der Waals surface area contributed by atoms with E-state index < -0.39 is 0 Å². The van der Waals surface area contributed by atoms with Crippen molar-refractivity contribution >= 4 is 6.03 Å². The Morgan fingerprint density at radius 1 is 1.13 bits per heavy atom. The second kappa shape index (κ2) is 8.20. The Morgan fingerprint density at radius 2 is 2.04 bits per heavy atom. The first-order valence-corrected chi connectivity index (χ1v) is 8.68. The molecule has 23 heavy (non-hydrogen) atoms. The van der Waals surface area contributed by atoms with Gasteiger partial charge >= 0.3 is 6.03 Å². The van der Waals surface area contributed by atoms with Gasteiger partial charge in [0.2, 0.25) is 0 Å². The zero-order valence-corrected chi connectivity index (χ0v) is 13.6. The largest absolute Gasteiger partial charge is 0.493 e. The maximum atomic E-state index is 11.9. The van der Waals surface area contributed by atoms with Gasteiger partial charge in [-0.3, -0.25) is 0 Å². The van der Waals surface area contributed by atoms with E-state index in [0.717, 1.165) is 38.0 Å². The molecule has 1 aromatic carbocycles. The highest BCUT2D eigenvalue weighted by Crippen LogP contribution is 2.32. The Morgan fingerprint density at radius 3 is 2.91 bits per heavy atom. The van der Waals surface area contributed by atoms with Crippen LogP contribution >= 0.6 is 0 Å². The fourth-order valence-electron chi connectivity index (χ4n) is 3.29. The Kier molecular flexibility index (Phi) is 5.75. The molecule has 2 atom stereocenters. The second-order valence-corrected chi connectivity index (χ2v) is 6.29. The van der Waals surface area contributed by atoms with Gasteiger partial charge in [0.25, 0.3) is 0 Å². The summed E-state index contributed by atoms with van der Waals surface area (Å²) in [4.78, 5) is 11.9. The minimum Gasteiger partial charge on any atom is -0.493 e. The molecule has 0 radical (unpaired) electrons. The van der Waals surface area contributed by atoms with Gasteiger partial charge in [-0.15, -0.1) is 0 Å². The van der Waals surface area contributed by atoms with E-state index in [9.17, 15) is 4.79 Å². The van der Waals surface area contributed by atoms with Gasteiger partial charge in [-0.25, -0.2) is 4.79 Å². The minimum atomic E-state index is -0.0928. The van der Waals surface area contributed by atoms with Crippen LogP contribution in [0, 0.1) is 0 Å². The number of benzene rings is 1. The molecule has 2 heterocycles. The molecule has 126 valence electrons. The predicted molar refractivity (Wildman–Crippen MR) is 88.9 cm³/mol. The van der Waals surface area contributed by atoms with E-state index in [4.69, 9.17) is 9.47 Å².